The second-order valence-corrected chi connectivity index (χ2v) is 17.4. The molecule has 10 nitrogen and oxygen atoms in total. The zero-order valence-corrected chi connectivity index (χ0v) is 35.0. The van der Waals surface area contributed by atoms with Gasteiger partial charge in [-0.3, -0.25) is 9.59 Å². The molecule has 0 aromatic heterocycles. The minimum atomic E-state index is -4.78. The molecule has 2 aliphatic carbocycles. The Bertz CT molecular complexity index is 2570. The Balaban J connectivity index is 0.000000210. The summed E-state index contributed by atoms with van der Waals surface area (Å²) >= 11 is 13.0. The van der Waals surface area contributed by atoms with Crippen LogP contribution < -0.4 is 0 Å². The number of Topliss-reactive ketones (excluding diaryl/α,β-unsaturated/α-hetero) is 1. The largest absolute Gasteiger partial charge is 0.744 e. The van der Waals surface area contributed by atoms with Crippen LogP contribution in [-0.2, 0) is 29.8 Å². The van der Waals surface area contributed by atoms with E-state index in [1.165, 1.54) is 60.7 Å². The number of phenols is 2. The van der Waals surface area contributed by atoms with Gasteiger partial charge in [0.15, 0.2) is 5.78 Å². The maximum absolute atomic E-state index is 12.1. The molecule has 0 spiro atoms. The summed E-state index contributed by atoms with van der Waals surface area (Å²) in [5.41, 5.74) is 3.47. The number of hydrogen-bond acceptors (Lipinski definition) is 10. The summed E-state index contributed by atoms with van der Waals surface area (Å²) in [5.74, 6) is -0.428. The van der Waals surface area contributed by atoms with E-state index in [0.717, 1.165) is 0 Å². The fourth-order valence-electron chi connectivity index (χ4n) is 5.40. The number of allylic oxidation sites excluding steroid dienone is 10. The summed E-state index contributed by atoms with van der Waals surface area (Å²) < 4.78 is 72.0. The highest BCUT2D eigenvalue weighted by atomic mass is 79.9. The van der Waals surface area contributed by atoms with Crippen LogP contribution in [0.1, 0.15) is 22.3 Å². The van der Waals surface area contributed by atoms with E-state index < -0.39 is 25.1 Å². The molecule has 0 saturated heterocycles. The standard InChI is InChI=1S/C19H10Br4O5S.C19H14O5S/c20-12-5-9(6-13(21)18(12)24)17(10-7-14(22)19(25)15(23)8-10)11-3-1-2-4-16(11)29(26,27)28;20-15-9-5-13(6-10-15)19(14-7-11-16(21)12-8-14)17-3-1-2-4-18(17)25(22,23)24/h1-8,24H,(H,26,27,28);1-12,20H,(H,22,23,24)/p-2. The van der Waals surface area contributed by atoms with E-state index in [4.69, 9.17) is 0 Å². The lowest BCUT2D eigenvalue weighted by molar-refractivity contribution is -0.111. The smallest absolute Gasteiger partial charge is 0.206 e. The number of carbonyl (C=O) groups excluding carboxylic acids is 2. The summed E-state index contributed by atoms with van der Waals surface area (Å²) in [7, 11) is -9.47. The third-order valence-corrected chi connectivity index (χ3v) is 11.9. The van der Waals surface area contributed by atoms with Crippen LogP contribution in [0, 0.1) is 0 Å². The first-order valence-corrected chi connectivity index (χ1v) is 21.1. The highest BCUT2D eigenvalue weighted by Gasteiger charge is 2.23. The molecule has 16 heteroatoms. The number of aromatic hydroxyl groups is 2. The molecule has 0 unspecified atom stereocenters. The van der Waals surface area contributed by atoms with Gasteiger partial charge in [-0.1, -0.05) is 60.7 Å². The fourth-order valence-corrected chi connectivity index (χ4v) is 9.14. The molecule has 0 atom stereocenters. The lowest BCUT2D eigenvalue weighted by atomic mass is 9.91. The lowest BCUT2D eigenvalue weighted by Crippen LogP contribution is -2.07. The topological polar surface area (TPSA) is 189 Å². The molecule has 0 aliphatic heterocycles. The molecule has 0 amide bonds. The van der Waals surface area contributed by atoms with Gasteiger partial charge in [0.1, 0.15) is 31.7 Å². The molecule has 0 fully saturated rings. The van der Waals surface area contributed by atoms with E-state index in [1.807, 2.05) is 0 Å². The van der Waals surface area contributed by atoms with Crippen molar-refractivity contribution in [3.8, 4) is 11.5 Å². The van der Waals surface area contributed by atoms with Gasteiger partial charge in [0.25, 0.3) is 0 Å². The number of rotatable bonds is 6. The maximum Gasteiger partial charge on any atom is 0.206 e. The normalized spacial score (nSPS) is 14.3. The number of ketones is 2. The Morgan fingerprint density at radius 1 is 0.556 bits per heavy atom. The van der Waals surface area contributed by atoms with Gasteiger partial charge in [-0.25, -0.2) is 16.8 Å². The second kappa shape index (κ2) is 16.8. The van der Waals surface area contributed by atoms with Crippen LogP contribution >= 0.6 is 63.7 Å². The van der Waals surface area contributed by atoms with Gasteiger partial charge < -0.3 is 19.3 Å². The van der Waals surface area contributed by atoms with E-state index in [1.54, 1.807) is 60.7 Å². The van der Waals surface area contributed by atoms with Crippen LogP contribution in [0.4, 0.5) is 0 Å². The molecule has 276 valence electrons. The first-order valence-electron chi connectivity index (χ1n) is 15.1. The molecule has 0 heterocycles. The minimum absolute atomic E-state index is 0.0323. The van der Waals surface area contributed by atoms with E-state index in [9.17, 15) is 45.7 Å². The van der Waals surface area contributed by atoms with Gasteiger partial charge in [-0.2, -0.15) is 0 Å². The molecule has 0 radical (unpaired) electrons. The second-order valence-electron chi connectivity index (χ2n) is 11.3. The third kappa shape index (κ3) is 9.44. The molecule has 0 saturated carbocycles. The Hall–Kier alpha value is -4.00. The van der Waals surface area contributed by atoms with Crippen molar-refractivity contribution in [2.24, 2.45) is 0 Å². The van der Waals surface area contributed by atoms with Crippen molar-refractivity contribution >= 4 is 107 Å². The molecule has 2 aliphatic rings. The molecule has 0 bridgehead atoms. The number of halogens is 4. The Kier molecular flexibility index (Phi) is 12.8. The number of phenolic OH excluding ortho intramolecular Hbond substituents is 2. The van der Waals surface area contributed by atoms with Crippen molar-refractivity contribution < 1.29 is 45.7 Å². The number of carbonyl (C=O) groups is 2. The van der Waals surface area contributed by atoms with Crippen LogP contribution in [0.2, 0.25) is 0 Å². The van der Waals surface area contributed by atoms with Crippen LogP contribution in [0.15, 0.2) is 160 Å². The van der Waals surface area contributed by atoms with Crippen molar-refractivity contribution in [2.45, 2.75) is 9.79 Å². The van der Waals surface area contributed by atoms with Gasteiger partial charge >= 0.3 is 0 Å². The SMILES string of the molecule is O=C1C(Br)=CC(=C(c2cc(Br)c(O)c(Br)c2)c2ccccc2S(=O)(=O)[O-])C=C1Br.O=C1C=CC(=C(c2ccc(O)cc2)c2ccccc2S(=O)(=O)[O-])C=C1. The van der Waals surface area contributed by atoms with Gasteiger partial charge in [-0.15, -0.1) is 0 Å². The van der Waals surface area contributed by atoms with Crippen molar-refractivity contribution in [2.75, 3.05) is 0 Å². The first-order chi connectivity index (χ1) is 25.4. The lowest BCUT2D eigenvalue weighted by Gasteiger charge is -2.20. The van der Waals surface area contributed by atoms with Crippen molar-refractivity contribution in [3.05, 3.63) is 173 Å². The highest BCUT2D eigenvalue weighted by molar-refractivity contribution is 9.13. The van der Waals surface area contributed by atoms with Gasteiger partial charge in [0.2, 0.25) is 5.78 Å². The van der Waals surface area contributed by atoms with Gasteiger partial charge in [-0.05, 0) is 158 Å². The van der Waals surface area contributed by atoms with Crippen LogP contribution in [-0.4, -0.2) is 47.7 Å². The average molecular weight is 1020 g/mol. The van der Waals surface area contributed by atoms with E-state index in [2.05, 4.69) is 63.7 Å². The van der Waals surface area contributed by atoms with Crippen LogP contribution in [0.3, 0.4) is 0 Å². The maximum atomic E-state index is 12.1. The van der Waals surface area contributed by atoms with Crippen molar-refractivity contribution in [3.63, 3.8) is 0 Å². The fraction of sp³-hybridized carbons (Fsp3) is 0. The number of hydrogen-bond donors (Lipinski definition) is 2. The first kappa shape index (κ1) is 41.2. The van der Waals surface area contributed by atoms with Crippen LogP contribution in [0.5, 0.6) is 11.5 Å². The zero-order valence-electron chi connectivity index (χ0n) is 27.0. The highest BCUT2D eigenvalue weighted by Crippen LogP contribution is 2.42. The summed E-state index contributed by atoms with van der Waals surface area (Å²) in [5, 5.41) is 19.6. The minimum Gasteiger partial charge on any atom is -0.744 e. The molecule has 2 N–H and O–H groups in total. The predicted octanol–water partition coefficient (Wildman–Crippen LogP) is 8.56. The number of benzene rings is 4. The Labute approximate surface area is 343 Å². The molecular weight excluding hydrogens is 1000 g/mol. The molecule has 54 heavy (non-hydrogen) atoms. The predicted molar refractivity (Wildman–Crippen MR) is 215 cm³/mol. The van der Waals surface area contributed by atoms with E-state index in [0.29, 0.717) is 42.4 Å². The molecular formula is C38H22Br4O10S2-2. The Morgan fingerprint density at radius 3 is 1.43 bits per heavy atom. The summed E-state index contributed by atoms with van der Waals surface area (Å²) in [6.07, 6.45) is 8.96. The van der Waals surface area contributed by atoms with E-state index >= 15 is 0 Å². The van der Waals surface area contributed by atoms with Crippen molar-refractivity contribution in [1.82, 2.24) is 0 Å². The van der Waals surface area contributed by atoms with Gasteiger partial charge in [0, 0.05) is 11.1 Å². The average Bonchev–Trinajstić information content (AvgIpc) is 3.11. The molecule has 4 aromatic rings. The van der Waals surface area contributed by atoms with Crippen LogP contribution in [0.25, 0.3) is 11.1 Å². The molecule has 6 rings (SSSR count). The summed E-state index contributed by atoms with van der Waals surface area (Å²) in [4.78, 5) is 22.8. The third-order valence-electron chi connectivity index (χ3n) is 7.74. The summed E-state index contributed by atoms with van der Waals surface area (Å²) in [6, 6.07) is 21.1. The Morgan fingerprint density at radius 2 is 0.981 bits per heavy atom. The molecule has 4 aromatic carbocycles. The van der Waals surface area contributed by atoms with E-state index in [-0.39, 0.29) is 48.1 Å². The monoisotopic (exact) mass is 1020 g/mol. The summed E-state index contributed by atoms with van der Waals surface area (Å²) in [6.45, 7) is 0. The zero-order chi connectivity index (χ0) is 39.5. The quantitative estimate of drug-likeness (QED) is 0.177. The van der Waals surface area contributed by atoms with Crippen molar-refractivity contribution in [1.29, 1.82) is 0 Å². The van der Waals surface area contributed by atoms with Gasteiger partial charge in [0.05, 0.1) is 27.7 Å².